The molecule has 1 spiro atoms. The smallest absolute Gasteiger partial charge is 0.0956 e. The fourth-order valence-corrected chi connectivity index (χ4v) is 4.39. The summed E-state index contributed by atoms with van der Waals surface area (Å²) in [5, 5.41) is 10.4. The Labute approximate surface area is 117 Å². The minimum Gasteiger partial charge on any atom is -0.393 e. The Morgan fingerprint density at radius 3 is 2.90 bits per heavy atom. The van der Waals surface area contributed by atoms with Gasteiger partial charge < -0.3 is 14.4 Å². The van der Waals surface area contributed by atoms with Crippen molar-refractivity contribution >= 4 is 0 Å². The van der Waals surface area contributed by atoms with Gasteiger partial charge in [0.25, 0.3) is 0 Å². The van der Waals surface area contributed by atoms with Crippen LogP contribution in [0.15, 0.2) is 36.8 Å². The van der Waals surface area contributed by atoms with Gasteiger partial charge in [0, 0.05) is 16.9 Å². The van der Waals surface area contributed by atoms with E-state index >= 15 is 0 Å². The minimum absolute atomic E-state index is 0.184. The van der Waals surface area contributed by atoms with Crippen LogP contribution in [0.25, 0.3) is 11.3 Å². The molecule has 2 aromatic rings. The van der Waals surface area contributed by atoms with Crippen molar-refractivity contribution in [3.8, 4) is 11.3 Å². The lowest BCUT2D eigenvalue weighted by Gasteiger charge is -2.60. The summed E-state index contributed by atoms with van der Waals surface area (Å²) >= 11 is 0. The number of fused-ring (bicyclic) bond motifs is 3. The summed E-state index contributed by atoms with van der Waals surface area (Å²) in [6.45, 7) is 1.58. The van der Waals surface area contributed by atoms with Crippen molar-refractivity contribution in [2.24, 2.45) is 11.3 Å². The van der Waals surface area contributed by atoms with E-state index in [-0.39, 0.29) is 23.5 Å². The summed E-state index contributed by atoms with van der Waals surface area (Å²) in [5.41, 5.74) is 3.92. The van der Waals surface area contributed by atoms with Gasteiger partial charge in [-0.3, -0.25) is 0 Å². The first kappa shape index (κ1) is 11.1. The number of aliphatic hydroxyl groups excluding tert-OH is 1. The van der Waals surface area contributed by atoms with Crippen molar-refractivity contribution in [3.63, 3.8) is 0 Å². The highest BCUT2D eigenvalue weighted by molar-refractivity contribution is 5.69. The number of hydrogen-bond donors (Lipinski definition) is 1. The van der Waals surface area contributed by atoms with Crippen molar-refractivity contribution in [1.82, 2.24) is 9.55 Å². The molecule has 0 amide bonds. The molecule has 20 heavy (non-hydrogen) atoms. The number of imidazole rings is 1. The van der Waals surface area contributed by atoms with E-state index in [2.05, 4.69) is 33.8 Å². The summed E-state index contributed by atoms with van der Waals surface area (Å²) in [7, 11) is 0. The molecule has 3 atom stereocenters. The maximum Gasteiger partial charge on any atom is 0.0956 e. The largest absolute Gasteiger partial charge is 0.393 e. The van der Waals surface area contributed by atoms with E-state index in [0.717, 1.165) is 19.6 Å². The molecule has 4 heteroatoms. The zero-order chi connectivity index (χ0) is 13.3. The van der Waals surface area contributed by atoms with Crippen molar-refractivity contribution in [2.75, 3.05) is 13.2 Å². The summed E-state index contributed by atoms with van der Waals surface area (Å²) in [5.74, 6) is 0.243. The van der Waals surface area contributed by atoms with Crippen LogP contribution >= 0.6 is 0 Å². The molecule has 0 radical (unpaired) electrons. The van der Waals surface area contributed by atoms with Crippen LogP contribution in [-0.2, 0) is 4.74 Å². The van der Waals surface area contributed by atoms with Gasteiger partial charge in [0.05, 0.1) is 43.6 Å². The zero-order valence-electron chi connectivity index (χ0n) is 11.1. The van der Waals surface area contributed by atoms with Gasteiger partial charge in [-0.15, -0.1) is 0 Å². The first-order valence-electron chi connectivity index (χ1n) is 7.17. The van der Waals surface area contributed by atoms with E-state index in [9.17, 15) is 5.11 Å². The lowest BCUT2D eigenvalue weighted by molar-refractivity contribution is -0.250. The standard InChI is InChI=1S/C16H16N2O2/c19-13-5-16(7-20-8-16)14(13)15-11-4-2-1-3-10(11)12-6-17-9-18(12)15/h1-4,6,9,13-15,19H,5,7-8H2. The maximum atomic E-state index is 10.4. The SMILES string of the molecule is OC1CC2(COC2)C1C1c2ccccc2-c2cncn21. The number of benzene rings is 1. The maximum absolute atomic E-state index is 10.4. The second-order valence-corrected chi connectivity index (χ2v) is 6.37. The van der Waals surface area contributed by atoms with Crippen LogP contribution < -0.4 is 0 Å². The number of rotatable bonds is 1. The van der Waals surface area contributed by atoms with Crippen LogP contribution in [0.4, 0.5) is 0 Å². The molecule has 102 valence electrons. The summed E-state index contributed by atoms with van der Waals surface area (Å²) in [4.78, 5) is 4.30. The Morgan fingerprint density at radius 2 is 2.15 bits per heavy atom. The van der Waals surface area contributed by atoms with E-state index in [0.29, 0.717) is 0 Å². The third-order valence-electron chi connectivity index (χ3n) is 5.38. The molecule has 5 rings (SSSR count). The van der Waals surface area contributed by atoms with Gasteiger partial charge in [-0.25, -0.2) is 4.98 Å². The van der Waals surface area contributed by atoms with Gasteiger partial charge in [-0.1, -0.05) is 24.3 Å². The molecule has 2 aliphatic heterocycles. The van der Waals surface area contributed by atoms with E-state index in [1.54, 1.807) is 0 Å². The monoisotopic (exact) mass is 268 g/mol. The normalized spacial score (nSPS) is 32.4. The van der Waals surface area contributed by atoms with Gasteiger partial charge in [0.2, 0.25) is 0 Å². The number of hydrogen-bond acceptors (Lipinski definition) is 3. The van der Waals surface area contributed by atoms with E-state index < -0.39 is 0 Å². The predicted molar refractivity (Wildman–Crippen MR) is 73.2 cm³/mol. The highest BCUT2D eigenvalue weighted by Crippen LogP contribution is 2.60. The molecule has 3 unspecified atom stereocenters. The predicted octanol–water partition coefficient (Wildman–Crippen LogP) is 1.85. The van der Waals surface area contributed by atoms with Gasteiger partial charge in [-0.2, -0.15) is 0 Å². The average molecular weight is 268 g/mol. The highest BCUT2D eigenvalue weighted by atomic mass is 16.5. The van der Waals surface area contributed by atoms with E-state index in [1.165, 1.54) is 16.8 Å². The Bertz CT molecular complexity index is 689. The average Bonchev–Trinajstić information content (AvgIpc) is 2.97. The fourth-order valence-electron chi connectivity index (χ4n) is 4.39. The lowest BCUT2D eigenvalue weighted by Crippen LogP contribution is -2.64. The summed E-state index contributed by atoms with van der Waals surface area (Å²) in [6, 6.07) is 8.69. The highest BCUT2D eigenvalue weighted by Gasteiger charge is 2.62. The molecule has 1 N–H and O–H groups in total. The van der Waals surface area contributed by atoms with E-state index in [4.69, 9.17) is 4.74 Å². The Balaban J connectivity index is 1.68. The molecule has 0 bridgehead atoms. The molecule has 3 aliphatic rings. The lowest BCUT2D eigenvalue weighted by atomic mass is 9.53. The first-order valence-corrected chi connectivity index (χ1v) is 7.17. The first-order chi connectivity index (χ1) is 9.80. The van der Waals surface area contributed by atoms with Crippen LogP contribution in [0.1, 0.15) is 18.0 Å². The van der Waals surface area contributed by atoms with Crippen molar-refractivity contribution in [3.05, 3.63) is 42.4 Å². The fraction of sp³-hybridized carbons (Fsp3) is 0.438. The van der Waals surface area contributed by atoms with E-state index in [1.807, 2.05) is 12.5 Å². The van der Waals surface area contributed by atoms with Crippen LogP contribution in [0.3, 0.4) is 0 Å². The molecular formula is C16H16N2O2. The number of ether oxygens (including phenoxy) is 1. The molecule has 1 aromatic heterocycles. The van der Waals surface area contributed by atoms with Crippen LogP contribution in [0.2, 0.25) is 0 Å². The molecular weight excluding hydrogens is 252 g/mol. The molecule has 2 fully saturated rings. The summed E-state index contributed by atoms with van der Waals surface area (Å²) in [6.07, 6.45) is 4.47. The van der Waals surface area contributed by atoms with Gasteiger partial charge >= 0.3 is 0 Å². The van der Waals surface area contributed by atoms with Crippen LogP contribution in [-0.4, -0.2) is 34.0 Å². The van der Waals surface area contributed by atoms with Gasteiger partial charge in [0.1, 0.15) is 0 Å². The quantitative estimate of drug-likeness (QED) is 0.858. The number of aliphatic hydroxyl groups is 1. The second-order valence-electron chi connectivity index (χ2n) is 6.37. The van der Waals surface area contributed by atoms with Gasteiger partial charge in [0.15, 0.2) is 0 Å². The zero-order valence-corrected chi connectivity index (χ0v) is 11.1. The third-order valence-corrected chi connectivity index (χ3v) is 5.38. The molecule has 1 saturated heterocycles. The molecule has 3 heterocycles. The molecule has 1 aromatic carbocycles. The minimum atomic E-state index is -0.231. The molecule has 4 nitrogen and oxygen atoms in total. The van der Waals surface area contributed by atoms with Crippen LogP contribution in [0.5, 0.6) is 0 Å². The Kier molecular flexibility index (Phi) is 1.94. The molecule has 1 aliphatic carbocycles. The summed E-state index contributed by atoms with van der Waals surface area (Å²) < 4.78 is 7.67. The number of nitrogens with zero attached hydrogens (tertiary/aromatic N) is 2. The second kappa shape index (κ2) is 3.51. The third kappa shape index (κ3) is 1.13. The van der Waals surface area contributed by atoms with Crippen molar-refractivity contribution in [1.29, 1.82) is 0 Å². The number of aromatic nitrogens is 2. The Morgan fingerprint density at radius 1 is 1.30 bits per heavy atom. The topological polar surface area (TPSA) is 47.3 Å². The van der Waals surface area contributed by atoms with Crippen molar-refractivity contribution in [2.45, 2.75) is 18.6 Å². The Hall–Kier alpha value is -1.65. The van der Waals surface area contributed by atoms with Crippen molar-refractivity contribution < 1.29 is 9.84 Å². The van der Waals surface area contributed by atoms with Gasteiger partial charge in [-0.05, 0) is 12.0 Å². The van der Waals surface area contributed by atoms with Crippen LogP contribution in [0, 0.1) is 11.3 Å². The molecule has 1 saturated carbocycles.